The normalized spacial score (nSPS) is 21.1. The highest BCUT2D eigenvalue weighted by molar-refractivity contribution is 9.10. The Morgan fingerprint density at radius 2 is 2.18 bits per heavy atom. The number of aliphatic carboxylic acids is 1. The maximum atomic E-state index is 12.5. The molecule has 0 radical (unpaired) electrons. The zero-order valence-electron chi connectivity index (χ0n) is 15.0. The minimum atomic E-state index is -1.28. The van der Waals surface area contributed by atoms with Crippen molar-refractivity contribution in [3.8, 4) is 0 Å². The first-order chi connectivity index (χ1) is 13.2. The molecule has 0 spiro atoms. The number of aromatic nitrogens is 2. The number of thioether (sulfide) groups is 1. The summed E-state index contributed by atoms with van der Waals surface area (Å²) in [6.07, 6.45) is 1.66. The van der Waals surface area contributed by atoms with E-state index >= 15 is 0 Å². The van der Waals surface area contributed by atoms with Crippen LogP contribution < -0.4 is 5.32 Å². The topological polar surface area (TPSA) is 131 Å². The molecule has 2 N–H and O–H groups in total. The molecular formula is C16H17BrN4O6S. The van der Waals surface area contributed by atoms with Gasteiger partial charge in [-0.25, -0.2) is 4.79 Å². The first-order valence-electron chi connectivity index (χ1n) is 8.21. The molecule has 1 aromatic rings. The Labute approximate surface area is 172 Å². The highest BCUT2D eigenvalue weighted by Crippen LogP contribution is 2.40. The second-order valence-corrected chi connectivity index (χ2v) is 8.21. The van der Waals surface area contributed by atoms with Gasteiger partial charge < -0.3 is 15.2 Å². The fourth-order valence-corrected chi connectivity index (χ4v) is 4.57. The van der Waals surface area contributed by atoms with Crippen LogP contribution in [0.4, 0.5) is 0 Å². The number of hydrogen-bond acceptors (Lipinski definition) is 7. The number of esters is 1. The SMILES string of the molecule is CC(=O)OCC1=C(C(=O)O)N2C(=O)C(NC(=O)Cn3cc(Br)c(C)n3)C2SC1. The second kappa shape index (κ2) is 7.95. The predicted molar refractivity (Wildman–Crippen MR) is 101 cm³/mol. The molecule has 2 aliphatic rings. The Morgan fingerprint density at radius 3 is 2.75 bits per heavy atom. The molecule has 0 bridgehead atoms. The smallest absolute Gasteiger partial charge is 0.352 e. The fraction of sp³-hybridized carbons (Fsp3) is 0.438. The minimum Gasteiger partial charge on any atom is -0.477 e. The molecule has 28 heavy (non-hydrogen) atoms. The number of carbonyl (C=O) groups excluding carboxylic acids is 3. The molecule has 1 saturated heterocycles. The number of fused-ring (bicyclic) bond motifs is 1. The number of nitrogens with zero attached hydrogens (tertiary/aromatic N) is 3. The molecule has 0 saturated carbocycles. The lowest BCUT2D eigenvalue weighted by atomic mass is 10.0. The third kappa shape index (κ3) is 3.92. The number of carboxylic acid groups (broad SMARTS) is 1. The summed E-state index contributed by atoms with van der Waals surface area (Å²) in [5.41, 5.74) is 0.893. The molecule has 2 atom stereocenters. The van der Waals surface area contributed by atoms with Gasteiger partial charge in [-0.2, -0.15) is 5.10 Å². The number of halogens is 1. The Kier molecular flexibility index (Phi) is 5.79. The molecule has 2 unspecified atom stereocenters. The van der Waals surface area contributed by atoms with Crippen LogP contribution in [0.1, 0.15) is 12.6 Å². The van der Waals surface area contributed by atoms with Crippen molar-refractivity contribution in [3.05, 3.63) is 27.6 Å². The zero-order chi connectivity index (χ0) is 20.6. The lowest BCUT2D eigenvalue weighted by molar-refractivity contribution is -0.151. The summed E-state index contributed by atoms with van der Waals surface area (Å²) in [5, 5.41) is 15.8. The first kappa shape index (κ1) is 20.4. The summed E-state index contributed by atoms with van der Waals surface area (Å²) in [7, 11) is 0. The van der Waals surface area contributed by atoms with Gasteiger partial charge >= 0.3 is 11.9 Å². The van der Waals surface area contributed by atoms with Crippen molar-refractivity contribution in [1.82, 2.24) is 20.0 Å². The number of carboxylic acids is 1. The maximum Gasteiger partial charge on any atom is 0.352 e. The van der Waals surface area contributed by atoms with E-state index in [0.29, 0.717) is 5.57 Å². The Hall–Kier alpha value is -2.34. The summed E-state index contributed by atoms with van der Waals surface area (Å²) in [6, 6.07) is -0.817. The van der Waals surface area contributed by atoms with E-state index in [0.717, 1.165) is 15.1 Å². The number of hydrogen-bond donors (Lipinski definition) is 2. The van der Waals surface area contributed by atoms with E-state index in [1.807, 2.05) is 0 Å². The number of aryl methyl sites for hydroxylation is 1. The first-order valence-corrected chi connectivity index (χ1v) is 10.1. The van der Waals surface area contributed by atoms with Crippen LogP contribution in [0.3, 0.4) is 0 Å². The summed E-state index contributed by atoms with van der Waals surface area (Å²) in [5.74, 6) is -2.45. The number of nitrogens with one attached hydrogen (secondary N) is 1. The van der Waals surface area contributed by atoms with Crippen LogP contribution in [0.25, 0.3) is 0 Å². The van der Waals surface area contributed by atoms with Gasteiger partial charge in [0.2, 0.25) is 5.91 Å². The van der Waals surface area contributed by atoms with Gasteiger partial charge in [0.25, 0.3) is 5.91 Å². The van der Waals surface area contributed by atoms with Crippen LogP contribution in [0.2, 0.25) is 0 Å². The fourth-order valence-electron chi connectivity index (χ4n) is 2.92. The third-order valence-corrected chi connectivity index (χ3v) is 6.33. The van der Waals surface area contributed by atoms with Crippen molar-refractivity contribution in [1.29, 1.82) is 0 Å². The minimum absolute atomic E-state index is 0.0626. The average Bonchev–Trinajstić information content (AvgIpc) is 2.93. The van der Waals surface area contributed by atoms with Gasteiger partial charge in [0.1, 0.15) is 30.3 Å². The van der Waals surface area contributed by atoms with Gasteiger partial charge in [0.15, 0.2) is 0 Å². The highest BCUT2D eigenvalue weighted by atomic mass is 79.9. The number of amides is 2. The lowest BCUT2D eigenvalue weighted by Gasteiger charge is -2.49. The molecule has 2 aliphatic heterocycles. The number of rotatable bonds is 6. The molecular weight excluding hydrogens is 456 g/mol. The molecule has 150 valence electrons. The van der Waals surface area contributed by atoms with E-state index in [9.17, 15) is 24.3 Å². The van der Waals surface area contributed by atoms with Gasteiger partial charge in [-0.3, -0.25) is 24.0 Å². The van der Waals surface area contributed by atoms with E-state index in [1.54, 1.807) is 13.1 Å². The van der Waals surface area contributed by atoms with Crippen molar-refractivity contribution in [3.63, 3.8) is 0 Å². The molecule has 3 heterocycles. The Bertz CT molecular complexity index is 878. The van der Waals surface area contributed by atoms with Crippen molar-refractivity contribution in [2.75, 3.05) is 12.4 Å². The van der Waals surface area contributed by atoms with Gasteiger partial charge in [0, 0.05) is 24.4 Å². The Balaban J connectivity index is 1.68. The van der Waals surface area contributed by atoms with Crippen molar-refractivity contribution >= 4 is 51.4 Å². The van der Waals surface area contributed by atoms with Crippen LogP contribution in [0.5, 0.6) is 0 Å². The second-order valence-electron chi connectivity index (χ2n) is 6.25. The maximum absolute atomic E-state index is 12.5. The van der Waals surface area contributed by atoms with E-state index in [1.165, 1.54) is 23.4 Å². The molecule has 1 aromatic heterocycles. The third-order valence-electron chi connectivity index (χ3n) is 4.21. The van der Waals surface area contributed by atoms with Crippen LogP contribution in [-0.2, 0) is 30.5 Å². The van der Waals surface area contributed by atoms with Crippen LogP contribution in [-0.4, -0.2) is 67.3 Å². The van der Waals surface area contributed by atoms with E-state index in [-0.39, 0.29) is 24.6 Å². The van der Waals surface area contributed by atoms with Gasteiger partial charge in [0.05, 0.1) is 10.2 Å². The number of ether oxygens (including phenoxy) is 1. The zero-order valence-corrected chi connectivity index (χ0v) is 17.4. The summed E-state index contributed by atoms with van der Waals surface area (Å²) >= 11 is 4.62. The molecule has 3 rings (SSSR count). The van der Waals surface area contributed by atoms with Crippen molar-refractivity contribution in [2.24, 2.45) is 0 Å². The summed E-state index contributed by atoms with van der Waals surface area (Å²) < 4.78 is 7.10. The molecule has 12 heteroatoms. The predicted octanol–water partition coefficient (Wildman–Crippen LogP) is 0.256. The van der Waals surface area contributed by atoms with E-state index in [4.69, 9.17) is 4.74 Å². The monoisotopic (exact) mass is 472 g/mol. The van der Waals surface area contributed by atoms with E-state index in [2.05, 4.69) is 26.3 Å². The lowest BCUT2D eigenvalue weighted by Crippen LogP contribution is -2.70. The summed E-state index contributed by atoms with van der Waals surface area (Å²) in [4.78, 5) is 48.5. The van der Waals surface area contributed by atoms with Crippen LogP contribution in [0.15, 0.2) is 21.9 Å². The van der Waals surface area contributed by atoms with Gasteiger partial charge in [-0.15, -0.1) is 11.8 Å². The molecule has 2 amide bonds. The van der Waals surface area contributed by atoms with Crippen LogP contribution >= 0.6 is 27.7 Å². The van der Waals surface area contributed by atoms with E-state index < -0.39 is 35.2 Å². The van der Waals surface area contributed by atoms with Crippen LogP contribution in [0, 0.1) is 6.92 Å². The standard InChI is InChI=1S/C16H17BrN4O6S/c1-7-10(17)3-20(19-7)4-11(23)18-12-14(24)21-13(16(25)26)9(5-27-8(2)22)6-28-15(12)21/h3,12,15H,4-6H2,1-2H3,(H,18,23)(H,25,26). The van der Waals surface area contributed by atoms with Gasteiger partial charge in [-0.1, -0.05) is 0 Å². The highest BCUT2D eigenvalue weighted by Gasteiger charge is 2.54. The number of β-lactam (4-membered cyclic amide) rings is 1. The molecule has 0 aliphatic carbocycles. The largest absolute Gasteiger partial charge is 0.477 e. The van der Waals surface area contributed by atoms with Crippen molar-refractivity contribution in [2.45, 2.75) is 31.8 Å². The number of carbonyl (C=O) groups is 4. The molecule has 0 aromatic carbocycles. The summed E-state index contributed by atoms with van der Waals surface area (Å²) in [6.45, 7) is 2.76. The van der Waals surface area contributed by atoms with Gasteiger partial charge in [-0.05, 0) is 22.9 Å². The Morgan fingerprint density at radius 1 is 1.46 bits per heavy atom. The molecule has 1 fully saturated rings. The van der Waals surface area contributed by atoms with Crippen molar-refractivity contribution < 1.29 is 29.0 Å². The molecule has 10 nitrogen and oxygen atoms in total. The average molecular weight is 473 g/mol. The quantitative estimate of drug-likeness (QED) is 0.445.